The molecule has 0 unspecified atom stereocenters. The molecular formula is C20H23NO5S. The van der Waals surface area contributed by atoms with Gasteiger partial charge in [-0.05, 0) is 36.8 Å². The number of hydrogen-bond acceptors (Lipinski definition) is 5. The van der Waals surface area contributed by atoms with E-state index in [0.29, 0.717) is 12.3 Å². The molecule has 6 nitrogen and oxygen atoms in total. The fourth-order valence-electron chi connectivity index (χ4n) is 2.24. The summed E-state index contributed by atoms with van der Waals surface area (Å²) in [7, 11) is -4.02. The largest absolute Gasteiger partial charge is 0.462 e. The van der Waals surface area contributed by atoms with Crippen molar-refractivity contribution < 1.29 is 22.5 Å². The maximum atomic E-state index is 10.5. The number of aliphatic hydroxyl groups excluding tert-OH is 1. The summed E-state index contributed by atoms with van der Waals surface area (Å²) in [5, 5.41) is 12.1. The van der Waals surface area contributed by atoms with Gasteiger partial charge in [0.15, 0.2) is 0 Å². The van der Waals surface area contributed by atoms with Crippen LogP contribution in [0.1, 0.15) is 22.6 Å². The maximum absolute atomic E-state index is 10.5. The molecule has 27 heavy (non-hydrogen) atoms. The summed E-state index contributed by atoms with van der Waals surface area (Å²) in [5.41, 5.74) is 2.20. The molecule has 0 fully saturated rings. The summed E-state index contributed by atoms with van der Waals surface area (Å²) in [4.78, 5) is -0.0666. The van der Waals surface area contributed by atoms with E-state index in [4.69, 9.17) is 14.1 Å². The highest BCUT2D eigenvalue weighted by atomic mass is 32.2. The second kappa shape index (κ2) is 10.0. The lowest BCUT2D eigenvalue weighted by molar-refractivity contribution is 0.242. The highest BCUT2D eigenvalue weighted by Crippen LogP contribution is 2.09. The Kier molecular flexibility index (Phi) is 7.75. The van der Waals surface area contributed by atoms with Gasteiger partial charge in [-0.15, -0.1) is 0 Å². The van der Waals surface area contributed by atoms with Gasteiger partial charge in [0.05, 0.1) is 11.4 Å². The van der Waals surface area contributed by atoms with Crippen LogP contribution in [0, 0.1) is 6.92 Å². The number of furan rings is 1. The number of aryl methyl sites for hydroxylation is 1. The highest BCUT2D eigenvalue weighted by Gasteiger charge is 2.06. The lowest BCUT2D eigenvalue weighted by Crippen LogP contribution is -2.11. The van der Waals surface area contributed by atoms with Crippen LogP contribution in [0.2, 0.25) is 0 Å². The first-order valence-electron chi connectivity index (χ1n) is 8.36. The van der Waals surface area contributed by atoms with Crippen molar-refractivity contribution in [3.05, 3.63) is 89.4 Å². The highest BCUT2D eigenvalue weighted by molar-refractivity contribution is 7.85. The van der Waals surface area contributed by atoms with Crippen molar-refractivity contribution >= 4 is 10.1 Å². The topological polar surface area (TPSA) is 99.8 Å². The minimum absolute atomic E-state index is 0.0430. The van der Waals surface area contributed by atoms with E-state index in [1.807, 2.05) is 31.2 Å². The van der Waals surface area contributed by atoms with Gasteiger partial charge in [0.2, 0.25) is 0 Å². The molecule has 7 heteroatoms. The van der Waals surface area contributed by atoms with Crippen LogP contribution in [0.25, 0.3) is 0 Å². The predicted molar refractivity (Wildman–Crippen MR) is 103 cm³/mol. The molecule has 144 valence electrons. The molecule has 0 saturated heterocycles. The molecule has 0 bridgehead atoms. The zero-order chi connectivity index (χ0) is 19.7. The van der Waals surface area contributed by atoms with Gasteiger partial charge in [0.25, 0.3) is 10.1 Å². The van der Waals surface area contributed by atoms with Crippen molar-refractivity contribution in [2.75, 3.05) is 0 Å². The Labute approximate surface area is 159 Å². The number of aliphatic hydroxyl groups is 1. The zero-order valence-electron chi connectivity index (χ0n) is 15.0. The Morgan fingerprint density at radius 3 is 2.07 bits per heavy atom. The quantitative estimate of drug-likeness (QED) is 0.560. The van der Waals surface area contributed by atoms with Crippen LogP contribution >= 0.6 is 0 Å². The minimum Gasteiger partial charge on any atom is -0.462 e. The Balaban J connectivity index is 0.000000208. The summed E-state index contributed by atoms with van der Waals surface area (Å²) < 4.78 is 34.9. The molecule has 3 rings (SSSR count). The number of nitrogens with one attached hydrogen (secondary N) is 1. The summed E-state index contributed by atoms with van der Waals surface area (Å²) in [6, 6.07) is 19.9. The van der Waals surface area contributed by atoms with Crippen LogP contribution in [0.5, 0.6) is 0 Å². The summed E-state index contributed by atoms with van der Waals surface area (Å²) >= 11 is 0. The van der Waals surface area contributed by atoms with Crippen LogP contribution in [-0.4, -0.2) is 18.1 Å². The number of hydrogen-bond donors (Lipinski definition) is 3. The first-order valence-corrected chi connectivity index (χ1v) is 9.80. The lowest BCUT2D eigenvalue weighted by atomic mass is 10.2. The van der Waals surface area contributed by atoms with Crippen LogP contribution in [-0.2, 0) is 29.8 Å². The van der Waals surface area contributed by atoms with Crippen molar-refractivity contribution in [3.63, 3.8) is 0 Å². The molecule has 0 saturated carbocycles. The van der Waals surface area contributed by atoms with Gasteiger partial charge < -0.3 is 14.8 Å². The Hall–Kier alpha value is -2.45. The molecule has 1 aromatic heterocycles. The normalized spacial score (nSPS) is 10.9. The van der Waals surface area contributed by atoms with Gasteiger partial charge in [-0.3, -0.25) is 4.55 Å². The van der Waals surface area contributed by atoms with Crippen molar-refractivity contribution in [2.24, 2.45) is 0 Å². The first kappa shape index (κ1) is 20.9. The van der Waals surface area contributed by atoms with E-state index in [1.54, 1.807) is 18.2 Å². The van der Waals surface area contributed by atoms with Gasteiger partial charge in [-0.25, -0.2) is 0 Å². The van der Waals surface area contributed by atoms with E-state index in [-0.39, 0.29) is 11.5 Å². The fraction of sp³-hybridized carbons (Fsp3) is 0.200. The van der Waals surface area contributed by atoms with E-state index < -0.39 is 10.1 Å². The molecule has 0 aliphatic heterocycles. The summed E-state index contributed by atoms with van der Waals surface area (Å²) in [5.74, 6) is 1.46. The third-order valence-corrected chi connectivity index (χ3v) is 4.53. The third-order valence-electron chi connectivity index (χ3n) is 3.66. The van der Waals surface area contributed by atoms with Crippen molar-refractivity contribution in [1.82, 2.24) is 5.32 Å². The fourth-order valence-corrected chi connectivity index (χ4v) is 2.72. The van der Waals surface area contributed by atoms with Gasteiger partial charge in [-0.1, -0.05) is 48.0 Å². The first-order chi connectivity index (χ1) is 12.9. The Bertz CT molecular complexity index is 919. The van der Waals surface area contributed by atoms with Gasteiger partial charge in [0.1, 0.15) is 18.1 Å². The predicted octanol–water partition coefficient (Wildman–Crippen LogP) is 3.30. The van der Waals surface area contributed by atoms with Gasteiger partial charge in [-0.2, -0.15) is 8.42 Å². The third kappa shape index (κ3) is 7.36. The van der Waals surface area contributed by atoms with E-state index in [2.05, 4.69) is 17.4 Å². The van der Waals surface area contributed by atoms with E-state index >= 15 is 0 Å². The van der Waals surface area contributed by atoms with Gasteiger partial charge >= 0.3 is 0 Å². The molecule has 1 heterocycles. The van der Waals surface area contributed by atoms with Crippen LogP contribution < -0.4 is 5.32 Å². The van der Waals surface area contributed by atoms with E-state index in [1.165, 1.54) is 17.7 Å². The molecule has 0 amide bonds. The van der Waals surface area contributed by atoms with Crippen LogP contribution in [0.4, 0.5) is 0 Å². The Morgan fingerprint density at radius 2 is 1.52 bits per heavy atom. The smallest absolute Gasteiger partial charge is 0.294 e. The van der Waals surface area contributed by atoms with Crippen molar-refractivity contribution in [1.29, 1.82) is 0 Å². The zero-order valence-corrected chi connectivity index (χ0v) is 15.8. The second-order valence-corrected chi connectivity index (χ2v) is 7.32. The number of rotatable bonds is 6. The molecule has 0 atom stereocenters. The Morgan fingerprint density at radius 1 is 0.889 bits per heavy atom. The van der Waals surface area contributed by atoms with Crippen molar-refractivity contribution in [2.45, 2.75) is 31.5 Å². The molecule has 2 aromatic carbocycles. The van der Waals surface area contributed by atoms with Crippen LogP contribution in [0.15, 0.2) is 76.0 Å². The molecule has 0 aliphatic carbocycles. The average molecular weight is 389 g/mol. The minimum atomic E-state index is -4.02. The van der Waals surface area contributed by atoms with E-state index in [0.717, 1.165) is 17.9 Å². The summed E-state index contributed by atoms with van der Waals surface area (Å²) in [6.07, 6.45) is 0. The lowest BCUT2D eigenvalue weighted by Gasteiger charge is -2.02. The van der Waals surface area contributed by atoms with E-state index in [9.17, 15) is 8.42 Å². The molecule has 0 spiro atoms. The SMILES string of the molecule is Cc1ccc(S(=O)(=O)O)cc1.OCc1ccc(CNCc2ccccc2)o1. The number of benzene rings is 2. The standard InChI is InChI=1S/C13H15NO2.C7H8O3S/c15-10-13-7-6-12(16-13)9-14-8-11-4-2-1-3-5-11;1-6-2-4-7(5-3-6)11(8,9)10/h1-7,14-15H,8-10H2;2-5H,1H3,(H,8,9,10). The molecule has 3 aromatic rings. The van der Waals surface area contributed by atoms with Crippen LogP contribution in [0.3, 0.4) is 0 Å². The molecule has 0 aliphatic rings. The maximum Gasteiger partial charge on any atom is 0.294 e. The average Bonchev–Trinajstić information content (AvgIpc) is 3.11. The molecule has 0 radical (unpaired) electrons. The van der Waals surface area contributed by atoms with Crippen molar-refractivity contribution in [3.8, 4) is 0 Å². The molecule has 3 N–H and O–H groups in total. The summed E-state index contributed by atoms with van der Waals surface area (Å²) in [6.45, 7) is 3.29. The molecular weight excluding hydrogens is 366 g/mol. The monoisotopic (exact) mass is 389 g/mol. The second-order valence-electron chi connectivity index (χ2n) is 5.90. The van der Waals surface area contributed by atoms with Gasteiger partial charge in [0, 0.05) is 6.54 Å².